The van der Waals surface area contributed by atoms with Crippen LogP contribution in [0.2, 0.25) is 0 Å². The second kappa shape index (κ2) is 6.89. The fraction of sp³-hybridized carbons (Fsp3) is 0.368. The number of H-pyrrole nitrogens is 1. The van der Waals surface area contributed by atoms with E-state index in [1.165, 1.54) is 24.0 Å². The zero-order valence-corrected chi connectivity index (χ0v) is 17.9. The summed E-state index contributed by atoms with van der Waals surface area (Å²) in [5, 5.41) is 14.8. The topological polar surface area (TPSA) is 111 Å². The smallest absolute Gasteiger partial charge is 0.257 e. The van der Waals surface area contributed by atoms with Crippen molar-refractivity contribution in [3.05, 3.63) is 35.9 Å². The van der Waals surface area contributed by atoms with Gasteiger partial charge in [0.1, 0.15) is 23.4 Å². The number of sulfone groups is 1. The second-order valence-corrected chi connectivity index (χ2v) is 10.2. The van der Waals surface area contributed by atoms with Gasteiger partial charge in [-0.1, -0.05) is 0 Å². The summed E-state index contributed by atoms with van der Waals surface area (Å²) in [4.78, 5) is 4.54. The molecular formula is C19H18F3N7O2S. The minimum absolute atomic E-state index is 0.0506. The van der Waals surface area contributed by atoms with E-state index in [4.69, 9.17) is 0 Å². The standard InChI is InChI=1S/C19H18F3N7O2S/c1-28-18(11(20)8-24-28)13-7-10(19(4-5-19)32(2,30)31)17-16(25-13)15(12-3-6-23-26-12)27-29(17)9-14(21)22/h3,6-8,14H,4-5,9H2,1-2H3,(H,23,26). The second-order valence-electron chi connectivity index (χ2n) is 7.88. The first-order chi connectivity index (χ1) is 15.1. The fourth-order valence-corrected chi connectivity index (χ4v) is 5.53. The maximum Gasteiger partial charge on any atom is 0.257 e. The largest absolute Gasteiger partial charge is 0.276 e. The molecule has 1 fully saturated rings. The van der Waals surface area contributed by atoms with E-state index in [1.807, 2.05) is 0 Å². The molecule has 0 aromatic carbocycles. The van der Waals surface area contributed by atoms with Crippen LogP contribution in [0.3, 0.4) is 0 Å². The lowest BCUT2D eigenvalue weighted by Gasteiger charge is -2.17. The molecule has 0 radical (unpaired) electrons. The van der Waals surface area contributed by atoms with Crippen LogP contribution >= 0.6 is 0 Å². The van der Waals surface area contributed by atoms with Gasteiger partial charge >= 0.3 is 0 Å². The molecule has 13 heteroatoms. The van der Waals surface area contributed by atoms with Gasteiger partial charge in [0.05, 0.1) is 27.8 Å². The highest BCUT2D eigenvalue weighted by molar-refractivity contribution is 7.92. The van der Waals surface area contributed by atoms with E-state index >= 15 is 0 Å². The van der Waals surface area contributed by atoms with E-state index < -0.39 is 33.4 Å². The van der Waals surface area contributed by atoms with Crippen molar-refractivity contribution >= 4 is 20.9 Å². The van der Waals surface area contributed by atoms with Crippen LogP contribution in [0, 0.1) is 5.82 Å². The van der Waals surface area contributed by atoms with Gasteiger partial charge in [0.2, 0.25) is 0 Å². The summed E-state index contributed by atoms with van der Waals surface area (Å²) < 4.78 is 68.0. The number of hydrogen-bond acceptors (Lipinski definition) is 6. The minimum atomic E-state index is -3.62. The number of nitrogens with one attached hydrogen (secondary N) is 1. The van der Waals surface area contributed by atoms with Crippen molar-refractivity contribution in [3.63, 3.8) is 0 Å². The Morgan fingerprint density at radius 3 is 2.59 bits per heavy atom. The third-order valence-corrected chi connectivity index (χ3v) is 7.85. The van der Waals surface area contributed by atoms with Crippen molar-refractivity contribution < 1.29 is 21.6 Å². The number of pyridine rings is 1. The van der Waals surface area contributed by atoms with Crippen molar-refractivity contribution in [1.82, 2.24) is 34.7 Å². The summed E-state index contributed by atoms with van der Waals surface area (Å²) in [5.41, 5.74) is 1.45. The van der Waals surface area contributed by atoms with E-state index in [2.05, 4.69) is 25.4 Å². The van der Waals surface area contributed by atoms with E-state index in [0.29, 0.717) is 18.5 Å². The first kappa shape index (κ1) is 20.7. The van der Waals surface area contributed by atoms with Crippen LogP contribution in [0.5, 0.6) is 0 Å². The molecule has 1 aliphatic rings. The molecule has 168 valence electrons. The van der Waals surface area contributed by atoms with Crippen molar-refractivity contribution in [2.24, 2.45) is 7.05 Å². The molecule has 0 spiro atoms. The van der Waals surface area contributed by atoms with E-state index in [9.17, 15) is 21.6 Å². The molecule has 1 saturated carbocycles. The van der Waals surface area contributed by atoms with Crippen LogP contribution in [0.25, 0.3) is 33.8 Å². The number of aromatic nitrogens is 7. The highest BCUT2D eigenvalue weighted by Gasteiger charge is 2.55. The molecule has 4 aromatic rings. The van der Waals surface area contributed by atoms with E-state index in [1.54, 1.807) is 6.07 Å². The van der Waals surface area contributed by atoms with Gasteiger partial charge in [-0.05, 0) is 25.0 Å². The summed E-state index contributed by atoms with van der Waals surface area (Å²) >= 11 is 0. The van der Waals surface area contributed by atoms with Gasteiger partial charge in [0.25, 0.3) is 6.43 Å². The molecule has 0 unspecified atom stereocenters. The number of hydrogen-bond donors (Lipinski definition) is 1. The zero-order valence-electron chi connectivity index (χ0n) is 17.0. The number of aryl methyl sites for hydroxylation is 1. The van der Waals surface area contributed by atoms with Gasteiger partial charge in [0.15, 0.2) is 15.7 Å². The molecule has 9 nitrogen and oxygen atoms in total. The molecule has 4 aromatic heterocycles. The molecule has 0 amide bonds. The summed E-state index contributed by atoms with van der Waals surface area (Å²) in [6.07, 6.45) is 1.51. The molecule has 0 bridgehead atoms. The Labute approximate surface area is 180 Å². The Morgan fingerprint density at radius 1 is 1.31 bits per heavy atom. The van der Waals surface area contributed by atoms with Crippen LogP contribution in [-0.4, -0.2) is 55.8 Å². The quantitative estimate of drug-likeness (QED) is 0.469. The Bertz CT molecular complexity index is 1420. The first-order valence-electron chi connectivity index (χ1n) is 9.70. The molecule has 1 N–H and O–H groups in total. The molecular weight excluding hydrogens is 447 g/mol. The number of alkyl halides is 2. The van der Waals surface area contributed by atoms with Crippen LogP contribution in [0.15, 0.2) is 24.5 Å². The monoisotopic (exact) mass is 465 g/mol. The Hall–Kier alpha value is -3.22. The lowest BCUT2D eigenvalue weighted by atomic mass is 10.1. The molecule has 32 heavy (non-hydrogen) atoms. The summed E-state index contributed by atoms with van der Waals surface area (Å²) in [6.45, 7) is -0.751. The maximum absolute atomic E-state index is 14.5. The summed E-state index contributed by atoms with van der Waals surface area (Å²) in [6, 6.07) is 3.05. The fourth-order valence-electron chi connectivity index (χ4n) is 4.14. The normalized spacial score (nSPS) is 15.7. The van der Waals surface area contributed by atoms with Crippen LogP contribution in [0.4, 0.5) is 13.2 Å². The first-order valence-corrected chi connectivity index (χ1v) is 11.6. The van der Waals surface area contributed by atoms with Gasteiger partial charge in [0, 0.05) is 25.1 Å². The average molecular weight is 465 g/mol. The number of fused-ring (bicyclic) bond motifs is 1. The minimum Gasteiger partial charge on any atom is -0.276 e. The Kier molecular flexibility index (Phi) is 4.45. The van der Waals surface area contributed by atoms with Crippen molar-refractivity contribution in [3.8, 4) is 22.8 Å². The highest BCUT2D eigenvalue weighted by Crippen LogP contribution is 2.55. The van der Waals surface area contributed by atoms with E-state index in [0.717, 1.165) is 17.1 Å². The molecule has 0 saturated heterocycles. The van der Waals surface area contributed by atoms with Crippen molar-refractivity contribution in [2.75, 3.05) is 6.26 Å². The third-order valence-electron chi connectivity index (χ3n) is 5.80. The van der Waals surface area contributed by atoms with Gasteiger partial charge in [-0.25, -0.2) is 26.6 Å². The van der Waals surface area contributed by atoms with Gasteiger partial charge in [-0.3, -0.25) is 14.5 Å². The summed E-state index contributed by atoms with van der Waals surface area (Å²) in [7, 11) is -2.09. The van der Waals surface area contributed by atoms with Gasteiger partial charge in [-0.15, -0.1) is 0 Å². The Balaban J connectivity index is 1.91. The predicted molar refractivity (Wildman–Crippen MR) is 109 cm³/mol. The lowest BCUT2D eigenvalue weighted by molar-refractivity contribution is 0.123. The zero-order chi connectivity index (χ0) is 22.8. The maximum atomic E-state index is 14.5. The van der Waals surface area contributed by atoms with Crippen LogP contribution in [-0.2, 0) is 28.2 Å². The molecule has 0 atom stereocenters. The number of aromatic amines is 1. The number of rotatable bonds is 6. The molecule has 5 rings (SSSR count). The predicted octanol–water partition coefficient (Wildman–Crippen LogP) is 2.66. The van der Waals surface area contributed by atoms with Gasteiger partial charge < -0.3 is 0 Å². The highest BCUT2D eigenvalue weighted by atomic mass is 32.2. The van der Waals surface area contributed by atoms with Crippen LogP contribution in [0.1, 0.15) is 18.4 Å². The lowest BCUT2D eigenvalue weighted by Crippen LogP contribution is -2.21. The third kappa shape index (κ3) is 3.02. The van der Waals surface area contributed by atoms with Crippen molar-refractivity contribution in [2.45, 2.75) is 30.6 Å². The Morgan fingerprint density at radius 2 is 2.06 bits per heavy atom. The SMILES string of the molecule is Cn1ncc(F)c1-c1cc(C2(S(C)(=O)=O)CC2)c2c(n1)c(-c1ccn[nH]1)nn2CC(F)F. The van der Waals surface area contributed by atoms with Crippen molar-refractivity contribution in [1.29, 1.82) is 0 Å². The van der Waals surface area contributed by atoms with Gasteiger partial charge in [-0.2, -0.15) is 15.3 Å². The molecule has 4 heterocycles. The number of nitrogens with zero attached hydrogens (tertiary/aromatic N) is 6. The average Bonchev–Trinajstić information content (AvgIpc) is 3.03. The van der Waals surface area contributed by atoms with Crippen LogP contribution < -0.4 is 0 Å². The van der Waals surface area contributed by atoms with E-state index in [-0.39, 0.29) is 33.7 Å². The molecule has 1 aliphatic carbocycles. The molecule has 0 aliphatic heterocycles. The summed E-state index contributed by atoms with van der Waals surface area (Å²) in [5.74, 6) is -0.641. The number of halogens is 3.